The first kappa shape index (κ1) is 14.1. The van der Waals surface area contributed by atoms with Crippen LogP contribution in [0.1, 0.15) is 21.2 Å². The van der Waals surface area contributed by atoms with E-state index in [9.17, 15) is 9.59 Å². The van der Waals surface area contributed by atoms with Gasteiger partial charge in [0.15, 0.2) is 0 Å². The van der Waals surface area contributed by atoms with Gasteiger partial charge in [-0.1, -0.05) is 5.21 Å². The van der Waals surface area contributed by atoms with Crippen LogP contribution in [0, 0.1) is 0 Å². The molecule has 106 valence electrons. The average molecular weight is 296 g/mol. The van der Waals surface area contributed by atoms with E-state index < -0.39 is 5.97 Å². The highest BCUT2D eigenvalue weighted by molar-refractivity contribution is 7.09. The highest BCUT2D eigenvalue weighted by Gasteiger charge is 2.11. The van der Waals surface area contributed by atoms with Crippen LogP contribution in [0.4, 0.5) is 0 Å². The number of aliphatic carboxylic acids is 1. The third kappa shape index (κ3) is 3.59. The van der Waals surface area contributed by atoms with Gasteiger partial charge in [0.25, 0.3) is 5.91 Å². The number of nitrogens with one attached hydrogen (secondary N) is 1. The van der Waals surface area contributed by atoms with Gasteiger partial charge in [-0.25, -0.2) is 9.67 Å². The number of carbonyl (C=O) groups is 2. The van der Waals surface area contributed by atoms with Crippen LogP contribution in [-0.2, 0) is 24.4 Å². The Morgan fingerprint density at radius 3 is 2.95 bits per heavy atom. The van der Waals surface area contributed by atoms with Crippen molar-refractivity contribution in [3.8, 4) is 0 Å². The molecule has 0 fully saturated rings. The van der Waals surface area contributed by atoms with Crippen molar-refractivity contribution in [3.63, 3.8) is 0 Å². The molecule has 0 saturated carbocycles. The molecule has 2 aromatic rings. The molecule has 20 heavy (non-hydrogen) atoms. The fourth-order valence-electron chi connectivity index (χ4n) is 1.41. The number of carboxylic acids is 1. The number of nitrogens with two attached hydrogens (primary N) is 1. The third-order valence-electron chi connectivity index (χ3n) is 2.27. The molecule has 2 rings (SSSR count). The number of thiazole rings is 1. The van der Waals surface area contributed by atoms with Crippen LogP contribution in [-0.4, -0.2) is 37.0 Å². The lowest BCUT2D eigenvalue weighted by Crippen LogP contribution is -2.23. The van der Waals surface area contributed by atoms with E-state index in [1.807, 2.05) is 0 Å². The van der Waals surface area contributed by atoms with Crippen LogP contribution in [0.5, 0.6) is 0 Å². The molecule has 0 spiro atoms. The molecule has 0 bridgehead atoms. The SMILES string of the molecule is NCc1nc(C(=O)NCc2cn(CC(=O)O)nn2)cs1. The minimum absolute atomic E-state index is 0.147. The molecule has 2 heterocycles. The van der Waals surface area contributed by atoms with Crippen molar-refractivity contribution in [2.45, 2.75) is 19.6 Å². The average Bonchev–Trinajstić information content (AvgIpc) is 3.04. The summed E-state index contributed by atoms with van der Waals surface area (Å²) in [4.78, 5) is 26.3. The zero-order chi connectivity index (χ0) is 14.5. The van der Waals surface area contributed by atoms with Crippen LogP contribution in [0.15, 0.2) is 11.6 Å². The van der Waals surface area contributed by atoms with E-state index in [0.29, 0.717) is 22.9 Å². The molecule has 0 aliphatic carbocycles. The van der Waals surface area contributed by atoms with Crippen LogP contribution in [0.3, 0.4) is 0 Å². The standard InChI is InChI=1S/C10H12N6O3S/c11-1-8-13-7(5-20-8)10(19)12-2-6-3-16(15-14-6)4-9(17)18/h3,5H,1-2,4,11H2,(H,12,19)(H,17,18). The second kappa shape index (κ2) is 6.21. The summed E-state index contributed by atoms with van der Waals surface area (Å²) >= 11 is 1.32. The van der Waals surface area contributed by atoms with Gasteiger partial charge < -0.3 is 16.2 Å². The van der Waals surface area contributed by atoms with Crippen molar-refractivity contribution in [1.82, 2.24) is 25.3 Å². The van der Waals surface area contributed by atoms with Crippen molar-refractivity contribution in [2.24, 2.45) is 5.73 Å². The van der Waals surface area contributed by atoms with Gasteiger partial charge in [0, 0.05) is 11.9 Å². The number of amides is 1. The summed E-state index contributed by atoms with van der Waals surface area (Å²) in [6, 6.07) is 0. The van der Waals surface area contributed by atoms with Crippen molar-refractivity contribution < 1.29 is 14.7 Å². The molecule has 0 aromatic carbocycles. The van der Waals surface area contributed by atoms with Gasteiger partial charge in [-0.2, -0.15) is 0 Å². The highest BCUT2D eigenvalue weighted by Crippen LogP contribution is 2.08. The first-order valence-corrected chi connectivity index (χ1v) is 6.50. The fraction of sp³-hybridized carbons (Fsp3) is 0.300. The normalized spacial score (nSPS) is 10.4. The van der Waals surface area contributed by atoms with E-state index in [1.165, 1.54) is 22.2 Å². The summed E-state index contributed by atoms with van der Waals surface area (Å²) in [5, 5.41) is 20.9. The van der Waals surface area contributed by atoms with Gasteiger partial charge in [0.1, 0.15) is 22.9 Å². The van der Waals surface area contributed by atoms with E-state index in [4.69, 9.17) is 10.8 Å². The van der Waals surface area contributed by atoms with Gasteiger partial charge >= 0.3 is 5.97 Å². The zero-order valence-electron chi connectivity index (χ0n) is 10.3. The van der Waals surface area contributed by atoms with Crippen molar-refractivity contribution in [1.29, 1.82) is 0 Å². The molecule has 0 saturated heterocycles. The van der Waals surface area contributed by atoms with Gasteiger partial charge in [-0.15, -0.1) is 16.4 Å². The van der Waals surface area contributed by atoms with Crippen LogP contribution in [0.25, 0.3) is 0 Å². The summed E-state index contributed by atoms with van der Waals surface area (Å²) in [5.74, 6) is -1.35. The number of carbonyl (C=O) groups excluding carboxylic acids is 1. The second-order valence-electron chi connectivity index (χ2n) is 3.81. The molecular formula is C10H12N6O3S. The predicted molar refractivity (Wildman–Crippen MR) is 68.8 cm³/mol. The van der Waals surface area contributed by atoms with E-state index in [1.54, 1.807) is 5.38 Å². The minimum atomic E-state index is -1.01. The quantitative estimate of drug-likeness (QED) is 0.635. The Balaban J connectivity index is 1.89. The first-order chi connectivity index (χ1) is 9.58. The smallest absolute Gasteiger partial charge is 0.325 e. The highest BCUT2D eigenvalue weighted by atomic mass is 32.1. The van der Waals surface area contributed by atoms with E-state index in [0.717, 1.165) is 0 Å². The van der Waals surface area contributed by atoms with Crippen molar-refractivity contribution in [3.05, 3.63) is 28.0 Å². The number of rotatable bonds is 6. The Bertz CT molecular complexity index is 622. The first-order valence-electron chi connectivity index (χ1n) is 5.62. The number of hydrogen-bond donors (Lipinski definition) is 3. The summed E-state index contributed by atoms with van der Waals surface area (Å²) < 4.78 is 1.18. The molecule has 10 heteroatoms. The fourth-order valence-corrected chi connectivity index (χ4v) is 2.06. The summed E-state index contributed by atoms with van der Waals surface area (Å²) in [7, 11) is 0. The maximum absolute atomic E-state index is 11.8. The monoisotopic (exact) mass is 296 g/mol. The summed E-state index contributed by atoms with van der Waals surface area (Å²) in [6.45, 7) is 0.169. The number of carboxylic acid groups (broad SMARTS) is 1. The van der Waals surface area contributed by atoms with Gasteiger partial charge in [-0.3, -0.25) is 9.59 Å². The van der Waals surface area contributed by atoms with E-state index >= 15 is 0 Å². The van der Waals surface area contributed by atoms with Gasteiger partial charge in [0.05, 0.1) is 12.7 Å². The Labute approximate surface area is 117 Å². The van der Waals surface area contributed by atoms with Crippen molar-refractivity contribution >= 4 is 23.2 Å². The molecule has 9 nitrogen and oxygen atoms in total. The van der Waals surface area contributed by atoms with Crippen LogP contribution in [0.2, 0.25) is 0 Å². The second-order valence-corrected chi connectivity index (χ2v) is 4.76. The zero-order valence-corrected chi connectivity index (χ0v) is 11.1. The van der Waals surface area contributed by atoms with Crippen molar-refractivity contribution in [2.75, 3.05) is 0 Å². The Kier molecular flexibility index (Phi) is 4.38. The predicted octanol–water partition coefficient (Wildman–Crippen LogP) is -0.792. The number of hydrogen-bond acceptors (Lipinski definition) is 7. The van der Waals surface area contributed by atoms with E-state index in [-0.39, 0.29) is 19.0 Å². The minimum Gasteiger partial charge on any atom is -0.480 e. The molecule has 1 amide bonds. The molecule has 0 atom stereocenters. The molecule has 0 aliphatic heterocycles. The Morgan fingerprint density at radius 1 is 1.50 bits per heavy atom. The number of nitrogens with zero attached hydrogens (tertiary/aromatic N) is 4. The molecule has 4 N–H and O–H groups in total. The largest absolute Gasteiger partial charge is 0.480 e. The van der Waals surface area contributed by atoms with Crippen LogP contribution >= 0.6 is 11.3 Å². The molecule has 0 aliphatic rings. The maximum atomic E-state index is 11.8. The molecule has 0 unspecified atom stereocenters. The van der Waals surface area contributed by atoms with Gasteiger partial charge in [-0.05, 0) is 0 Å². The van der Waals surface area contributed by atoms with Crippen LogP contribution < -0.4 is 11.1 Å². The summed E-state index contributed by atoms with van der Waals surface area (Å²) in [5.41, 5.74) is 6.18. The van der Waals surface area contributed by atoms with E-state index in [2.05, 4.69) is 20.6 Å². The maximum Gasteiger partial charge on any atom is 0.325 e. The lowest BCUT2D eigenvalue weighted by molar-refractivity contribution is -0.137. The number of aromatic nitrogens is 4. The van der Waals surface area contributed by atoms with Gasteiger partial charge in [0.2, 0.25) is 0 Å². The molecule has 2 aromatic heterocycles. The molecule has 0 radical (unpaired) electrons. The Hall–Kier alpha value is -2.33. The topological polar surface area (TPSA) is 136 Å². The lowest BCUT2D eigenvalue weighted by atomic mass is 10.4. The lowest BCUT2D eigenvalue weighted by Gasteiger charge is -1.99. The third-order valence-corrected chi connectivity index (χ3v) is 3.14. The Morgan fingerprint density at radius 2 is 2.30 bits per heavy atom. The summed E-state index contributed by atoms with van der Waals surface area (Å²) in [6.07, 6.45) is 1.46. The molecular weight excluding hydrogens is 284 g/mol.